The lowest BCUT2D eigenvalue weighted by molar-refractivity contribution is -0.113. The maximum absolute atomic E-state index is 14.3. The third kappa shape index (κ3) is 4.56. The predicted octanol–water partition coefficient (Wildman–Crippen LogP) is 5.00. The minimum absolute atomic E-state index is 0.0837. The molecule has 0 atom stereocenters. The first-order valence-corrected chi connectivity index (χ1v) is 12.1. The van der Waals surface area contributed by atoms with Crippen molar-refractivity contribution in [3.63, 3.8) is 0 Å². The molecule has 0 unspecified atom stereocenters. The van der Waals surface area contributed by atoms with E-state index in [9.17, 15) is 14.0 Å². The van der Waals surface area contributed by atoms with Gasteiger partial charge in [-0.3, -0.25) is 9.36 Å². The second kappa shape index (κ2) is 9.41. The average Bonchev–Trinajstić information content (AvgIpc) is 3.45. The van der Waals surface area contributed by atoms with Crippen LogP contribution in [0, 0.1) is 19.7 Å². The van der Waals surface area contributed by atoms with Crippen LogP contribution in [-0.4, -0.2) is 39.0 Å². The van der Waals surface area contributed by atoms with Crippen molar-refractivity contribution in [2.75, 3.05) is 17.7 Å². The van der Waals surface area contributed by atoms with E-state index in [2.05, 4.69) is 15.5 Å². The number of amides is 1. The fourth-order valence-corrected chi connectivity index (χ4v) is 5.19. The van der Waals surface area contributed by atoms with E-state index in [1.165, 1.54) is 29.2 Å². The Labute approximate surface area is 193 Å². The molecule has 10 heteroatoms. The molecule has 2 aromatic heterocycles. The van der Waals surface area contributed by atoms with Crippen molar-refractivity contribution < 1.29 is 18.7 Å². The third-order valence-electron chi connectivity index (χ3n) is 5.14. The monoisotopic (exact) mass is 474 g/mol. The highest BCUT2D eigenvalue weighted by Gasteiger charge is 2.31. The van der Waals surface area contributed by atoms with E-state index in [0.29, 0.717) is 27.1 Å². The Morgan fingerprint density at radius 1 is 1.28 bits per heavy atom. The number of carbonyl (C=O) groups excluding carboxylic acids is 2. The number of anilines is 1. The SMILES string of the molecule is CCOC(=O)c1c(NC(=O)CSc2nnc(-c3ccccc3F)n2C2CC2)sc(C)c1C. The van der Waals surface area contributed by atoms with E-state index >= 15 is 0 Å². The Hall–Kier alpha value is -2.72. The van der Waals surface area contributed by atoms with Gasteiger partial charge in [-0.25, -0.2) is 9.18 Å². The summed E-state index contributed by atoms with van der Waals surface area (Å²) in [7, 11) is 0. The normalized spacial score (nSPS) is 13.2. The first-order valence-electron chi connectivity index (χ1n) is 10.3. The van der Waals surface area contributed by atoms with Crippen LogP contribution in [0.15, 0.2) is 29.4 Å². The molecular formula is C22H23FN4O3S2. The van der Waals surface area contributed by atoms with Crippen molar-refractivity contribution in [2.24, 2.45) is 0 Å². The summed E-state index contributed by atoms with van der Waals surface area (Å²) in [6, 6.07) is 6.68. The van der Waals surface area contributed by atoms with E-state index in [-0.39, 0.29) is 30.1 Å². The standard InChI is InChI=1S/C22H23FN4O3S2/c1-4-30-21(29)18-12(2)13(3)32-20(18)24-17(28)11-31-22-26-25-19(27(22)14-9-10-14)15-7-5-6-8-16(15)23/h5-8,14H,4,9-11H2,1-3H3,(H,24,28). The van der Waals surface area contributed by atoms with Gasteiger partial charge in [0.25, 0.3) is 0 Å². The molecule has 1 aliphatic rings. The molecule has 1 N–H and O–H groups in total. The molecule has 4 rings (SSSR count). The van der Waals surface area contributed by atoms with Crippen molar-refractivity contribution in [2.45, 2.75) is 44.8 Å². The number of hydrogen-bond donors (Lipinski definition) is 1. The molecule has 7 nitrogen and oxygen atoms in total. The maximum atomic E-state index is 14.3. The summed E-state index contributed by atoms with van der Waals surface area (Å²) in [5.41, 5.74) is 1.60. The summed E-state index contributed by atoms with van der Waals surface area (Å²) in [5, 5.41) is 12.3. The van der Waals surface area contributed by atoms with Crippen LogP contribution in [0.1, 0.15) is 46.6 Å². The Kier molecular flexibility index (Phi) is 6.61. The molecule has 3 aromatic rings. The van der Waals surface area contributed by atoms with Gasteiger partial charge in [-0.2, -0.15) is 0 Å². The summed E-state index contributed by atoms with van der Waals surface area (Å²) in [5.74, 6) is -0.506. The summed E-state index contributed by atoms with van der Waals surface area (Å²) in [6.07, 6.45) is 1.94. The molecular weight excluding hydrogens is 451 g/mol. The lowest BCUT2D eigenvalue weighted by Crippen LogP contribution is -2.17. The largest absolute Gasteiger partial charge is 0.462 e. The molecule has 1 aliphatic carbocycles. The fraction of sp³-hybridized carbons (Fsp3) is 0.364. The first-order chi connectivity index (χ1) is 15.4. The van der Waals surface area contributed by atoms with Crippen LogP contribution in [0.4, 0.5) is 9.39 Å². The number of halogens is 1. The molecule has 0 spiro atoms. The Bertz CT molecular complexity index is 1170. The van der Waals surface area contributed by atoms with Gasteiger partial charge in [-0.1, -0.05) is 23.9 Å². The minimum Gasteiger partial charge on any atom is -0.462 e. The molecule has 32 heavy (non-hydrogen) atoms. The summed E-state index contributed by atoms with van der Waals surface area (Å²) in [6.45, 7) is 5.74. The number of aromatic nitrogens is 3. The number of ether oxygens (including phenoxy) is 1. The van der Waals surface area contributed by atoms with E-state index in [4.69, 9.17) is 4.74 Å². The Morgan fingerprint density at radius 2 is 2.03 bits per heavy atom. The van der Waals surface area contributed by atoms with E-state index in [0.717, 1.165) is 23.3 Å². The van der Waals surface area contributed by atoms with Gasteiger partial charge >= 0.3 is 5.97 Å². The van der Waals surface area contributed by atoms with Crippen molar-refractivity contribution in [3.05, 3.63) is 46.1 Å². The second-order valence-corrected chi connectivity index (χ2v) is 9.60. The number of benzene rings is 1. The molecule has 0 radical (unpaired) electrons. The van der Waals surface area contributed by atoms with E-state index in [1.54, 1.807) is 25.1 Å². The van der Waals surface area contributed by atoms with Crippen LogP contribution >= 0.6 is 23.1 Å². The van der Waals surface area contributed by atoms with Crippen LogP contribution in [0.25, 0.3) is 11.4 Å². The summed E-state index contributed by atoms with van der Waals surface area (Å²) < 4.78 is 21.4. The first kappa shape index (κ1) is 22.5. The van der Waals surface area contributed by atoms with Crippen LogP contribution in [0.5, 0.6) is 0 Å². The zero-order chi connectivity index (χ0) is 22.8. The predicted molar refractivity (Wildman–Crippen MR) is 123 cm³/mol. The summed E-state index contributed by atoms with van der Waals surface area (Å²) >= 11 is 2.59. The number of thioether (sulfide) groups is 1. The molecule has 0 bridgehead atoms. The molecule has 0 aliphatic heterocycles. The van der Waals surface area contributed by atoms with Gasteiger partial charge in [0.2, 0.25) is 5.91 Å². The van der Waals surface area contributed by atoms with Crippen LogP contribution in [-0.2, 0) is 9.53 Å². The lowest BCUT2D eigenvalue weighted by atomic mass is 10.1. The van der Waals surface area contributed by atoms with Gasteiger partial charge in [0.05, 0.1) is 23.5 Å². The number of esters is 1. The van der Waals surface area contributed by atoms with Crippen LogP contribution in [0.2, 0.25) is 0 Å². The van der Waals surface area contributed by atoms with Crippen molar-refractivity contribution >= 4 is 40.0 Å². The fourth-order valence-electron chi connectivity index (χ4n) is 3.32. The summed E-state index contributed by atoms with van der Waals surface area (Å²) in [4.78, 5) is 25.9. The van der Waals surface area contributed by atoms with Crippen LogP contribution < -0.4 is 5.32 Å². The number of aryl methyl sites for hydroxylation is 1. The average molecular weight is 475 g/mol. The van der Waals surface area contributed by atoms with Gasteiger partial charge in [0.15, 0.2) is 11.0 Å². The number of nitrogens with zero attached hydrogens (tertiary/aromatic N) is 3. The molecule has 2 heterocycles. The minimum atomic E-state index is -0.444. The number of rotatable bonds is 8. The quantitative estimate of drug-likeness (QED) is 0.365. The second-order valence-electron chi connectivity index (χ2n) is 7.43. The van der Waals surface area contributed by atoms with Crippen molar-refractivity contribution in [1.29, 1.82) is 0 Å². The molecule has 1 aromatic carbocycles. The smallest absolute Gasteiger partial charge is 0.341 e. The van der Waals surface area contributed by atoms with Crippen LogP contribution in [0.3, 0.4) is 0 Å². The number of hydrogen-bond acceptors (Lipinski definition) is 7. The zero-order valence-electron chi connectivity index (χ0n) is 18.0. The van der Waals surface area contributed by atoms with Gasteiger partial charge in [0.1, 0.15) is 10.8 Å². The topological polar surface area (TPSA) is 86.1 Å². The molecule has 1 fully saturated rings. The number of thiophene rings is 1. The molecule has 168 valence electrons. The highest BCUT2D eigenvalue weighted by atomic mass is 32.2. The van der Waals surface area contributed by atoms with Crippen molar-refractivity contribution in [1.82, 2.24) is 14.8 Å². The Balaban J connectivity index is 1.50. The van der Waals surface area contributed by atoms with Gasteiger partial charge in [-0.05, 0) is 51.3 Å². The number of nitrogens with one attached hydrogen (secondary N) is 1. The van der Waals surface area contributed by atoms with Crippen molar-refractivity contribution in [3.8, 4) is 11.4 Å². The highest BCUT2D eigenvalue weighted by molar-refractivity contribution is 7.99. The maximum Gasteiger partial charge on any atom is 0.341 e. The lowest BCUT2D eigenvalue weighted by Gasteiger charge is -2.10. The van der Waals surface area contributed by atoms with Gasteiger partial charge in [0, 0.05) is 10.9 Å². The van der Waals surface area contributed by atoms with Gasteiger partial charge < -0.3 is 10.1 Å². The number of carbonyl (C=O) groups is 2. The van der Waals surface area contributed by atoms with E-state index < -0.39 is 5.97 Å². The third-order valence-corrected chi connectivity index (χ3v) is 7.21. The highest BCUT2D eigenvalue weighted by Crippen LogP contribution is 2.41. The molecule has 1 saturated carbocycles. The Morgan fingerprint density at radius 3 is 2.72 bits per heavy atom. The zero-order valence-corrected chi connectivity index (χ0v) is 19.6. The molecule has 1 amide bonds. The van der Waals surface area contributed by atoms with Gasteiger partial charge in [-0.15, -0.1) is 21.5 Å². The molecule has 0 saturated heterocycles. The van der Waals surface area contributed by atoms with E-state index in [1.807, 2.05) is 18.4 Å².